The summed E-state index contributed by atoms with van der Waals surface area (Å²) in [6, 6.07) is -0.653. The van der Waals surface area contributed by atoms with Gasteiger partial charge in [0.1, 0.15) is 18.5 Å². The maximum absolute atomic E-state index is 14.1. The summed E-state index contributed by atoms with van der Waals surface area (Å²) in [4.78, 5) is 16.4. The first-order valence-electron chi connectivity index (χ1n) is 11.2. The number of hydrogen-bond donors (Lipinski definition) is 3. The van der Waals surface area contributed by atoms with Gasteiger partial charge in [-0.05, 0) is 45.2 Å². The van der Waals surface area contributed by atoms with Crippen LogP contribution in [-0.2, 0) is 9.53 Å². The smallest absolute Gasteiger partial charge is 0.251 e. The van der Waals surface area contributed by atoms with Crippen LogP contribution >= 0.6 is 0 Å². The molecule has 0 saturated carbocycles. The van der Waals surface area contributed by atoms with Crippen LogP contribution in [0, 0.1) is 0 Å². The number of amides is 1. The van der Waals surface area contributed by atoms with E-state index in [1.165, 1.54) is 4.90 Å². The van der Waals surface area contributed by atoms with Crippen molar-refractivity contribution in [3.8, 4) is 0 Å². The minimum Gasteiger partial charge on any atom is -0.383 e. The van der Waals surface area contributed by atoms with E-state index in [-0.39, 0.29) is 13.0 Å². The summed E-state index contributed by atoms with van der Waals surface area (Å²) in [5.41, 5.74) is 1.12. The van der Waals surface area contributed by atoms with Crippen LogP contribution in [0.25, 0.3) is 0 Å². The molecule has 8 heteroatoms. The van der Waals surface area contributed by atoms with Crippen LogP contribution in [-0.4, -0.2) is 96.4 Å². The lowest BCUT2D eigenvalue weighted by Crippen LogP contribution is -2.52. The molecule has 0 radical (unpaired) electrons. The number of morpholine rings is 1. The van der Waals surface area contributed by atoms with Gasteiger partial charge in [0.05, 0.1) is 25.8 Å². The maximum atomic E-state index is 14.1. The predicted molar refractivity (Wildman–Crippen MR) is 113 cm³/mol. The molecule has 0 aromatic heterocycles. The van der Waals surface area contributed by atoms with Crippen molar-refractivity contribution in [3.63, 3.8) is 0 Å². The average molecular weight is 426 g/mol. The van der Waals surface area contributed by atoms with Crippen molar-refractivity contribution in [2.75, 3.05) is 45.9 Å². The topological polar surface area (TPSA) is 85.3 Å². The van der Waals surface area contributed by atoms with Crippen molar-refractivity contribution in [2.24, 2.45) is 0 Å². The molecule has 1 amide bonds. The van der Waals surface area contributed by atoms with Gasteiger partial charge < -0.3 is 19.8 Å². The maximum Gasteiger partial charge on any atom is 0.251 e. The Hall–Kier alpha value is -1.32. The van der Waals surface area contributed by atoms with Gasteiger partial charge in [-0.25, -0.2) is 4.39 Å². The van der Waals surface area contributed by atoms with Crippen LogP contribution in [0.15, 0.2) is 23.8 Å². The highest BCUT2D eigenvalue weighted by molar-refractivity contribution is 5.81. The Morgan fingerprint density at radius 1 is 1.30 bits per heavy atom. The van der Waals surface area contributed by atoms with Crippen molar-refractivity contribution in [3.05, 3.63) is 23.8 Å². The van der Waals surface area contributed by atoms with Gasteiger partial charge in [0.2, 0.25) is 0 Å². The Labute approximate surface area is 178 Å². The van der Waals surface area contributed by atoms with E-state index in [1.54, 1.807) is 0 Å². The molecule has 4 atom stereocenters. The fraction of sp³-hybridized carbons (Fsp3) is 0.773. The van der Waals surface area contributed by atoms with Crippen molar-refractivity contribution >= 4 is 5.91 Å². The van der Waals surface area contributed by atoms with E-state index in [1.807, 2.05) is 6.08 Å². The Morgan fingerprint density at radius 3 is 2.83 bits per heavy atom. The molecule has 3 N–H and O–H groups in total. The van der Waals surface area contributed by atoms with Crippen LogP contribution in [0.5, 0.6) is 0 Å². The second kappa shape index (κ2) is 11.9. The standard InChI is InChI=1S/C22H36FN3O4/c23-18-15-19(21(28)24-9-4-10-25-11-13-30-14-12-25)26(16-18)22(29)20(27)8-7-17-5-2-1-3-6-17/h2,5-6,18-21,24,27-28H,1,3-4,7-16H2/t18-,19-,20?,21-/m0/s1. The summed E-state index contributed by atoms with van der Waals surface area (Å²) in [5.74, 6) is -0.491. The number of carbonyl (C=O) groups is 1. The summed E-state index contributed by atoms with van der Waals surface area (Å²) in [5, 5.41) is 23.9. The van der Waals surface area contributed by atoms with E-state index in [0.717, 1.165) is 57.7 Å². The van der Waals surface area contributed by atoms with Gasteiger partial charge in [0, 0.05) is 19.5 Å². The van der Waals surface area contributed by atoms with E-state index in [0.29, 0.717) is 19.4 Å². The Balaban J connectivity index is 1.42. The highest BCUT2D eigenvalue weighted by atomic mass is 19.1. The number of halogens is 1. The summed E-state index contributed by atoms with van der Waals surface area (Å²) in [6.07, 6.45) is 6.74. The monoisotopic (exact) mass is 425 g/mol. The number of rotatable bonds is 10. The molecule has 2 aliphatic heterocycles. The molecule has 0 aromatic rings. The number of carbonyl (C=O) groups excluding carboxylic acids is 1. The number of alkyl halides is 1. The Bertz CT molecular complexity index is 609. The van der Waals surface area contributed by atoms with Gasteiger partial charge in [-0.15, -0.1) is 0 Å². The zero-order valence-corrected chi connectivity index (χ0v) is 17.7. The predicted octanol–water partition coefficient (Wildman–Crippen LogP) is 0.973. The summed E-state index contributed by atoms with van der Waals surface area (Å²) >= 11 is 0. The normalized spacial score (nSPS) is 27.2. The van der Waals surface area contributed by atoms with Crippen LogP contribution in [0.3, 0.4) is 0 Å². The first-order valence-corrected chi connectivity index (χ1v) is 11.2. The summed E-state index contributed by atoms with van der Waals surface area (Å²) in [7, 11) is 0. The van der Waals surface area contributed by atoms with Crippen LogP contribution in [0.2, 0.25) is 0 Å². The number of hydrogen-bond acceptors (Lipinski definition) is 6. The van der Waals surface area contributed by atoms with Crippen molar-refractivity contribution < 1.29 is 24.1 Å². The third kappa shape index (κ3) is 6.85. The molecule has 2 fully saturated rings. The minimum absolute atomic E-state index is 0.0737. The van der Waals surface area contributed by atoms with E-state index in [9.17, 15) is 19.4 Å². The van der Waals surface area contributed by atoms with E-state index in [2.05, 4.69) is 22.4 Å². The van der Waals surface area contributed by atoms with Gasteiger partial charge in [-0.1, -0.05) is 23.8 Å². The quantitative estimate of drug-likeness (QED) is 0.357. The number of ether oxygens (including phenoxy) is 1. The number of aliphatic hydroxyl groups is 2. The van der Waals surface area contributed by atoms with Gasteiger partial charge in [-0.2, -0.15) is 0 Å². The first-order chi connectivity index (χ1) is 14.5. The Morgan fingerprint density at radius 2 is 2.10 bits per heavy atom. The molecule has 170 valence electrons. The van der Waals surface area contributed by atoms with Crippen LogP contribution < -0.4 is 5.32 Å². The van der Waals surface area contributed by atoms with Crippen molar-refractivity contribution in [2.45, 2.75) is 63.1 Å². The fourth-order valence-corrected chi connectivity index (χ4v) is 4.35. The molecule has 3 aliphatic rings. The molecule has 0 bridgehead atoms. The lowest BCUT2D eigenvalue weighted by atomic mass is 10.0. The molecule has 2 saturated heterocycles. The third-order valence-electron chi connectivity index (χ3n) is 6.11. The number of nitrogens with one attached hydrogen (secondary N) is 1. The molecule has 0 spiro atoms. The molecule has 7 nitrogen and oxygen atoms in total. The largest absolute Gasteiger partial charge is 0.383 e. The lowest BCUT2D eigenvalue weighted by molar-refractivity contribution is -0.144. The highest BCUT2D eigenvalue weighted by Crippen LogP contribution is 2.25. The molecule has 3 rings (SSSR count). The van der Waals surface area contributed by atoms with E-state index in [4.69, 9.17) is 4.74 Å². The zero-order valence-electron chi connectivity index (χ0n) is 17.7. The first kappa shape index (κ1) is 23.3. The van der Waals surface area contributed by atoms with E-state index >= 15 is 0 Å². The number of likely N-dealkylation sites (tertiary alicyclic amines) is 1. The van der Waals surface area contributed by atoms with Gasteiger partial charge >= 0.3 is 0 Å². The highest BCUT2D eigenvalue weighted by Gasteiger charge is 2.41. The molecular weight excluding hydrogens is 389 g/mol. The number of allylic oxidation sites excluding steroid dienone is 4. The van der Waals surface area contributed by atoms with Crippen molar-refractivity contribution in [1.82, 2.24) is 15.1 Å². The summed E-state index contributed by atoms with van der Waals surface area (Å²) < 4.78 is 19.4. The molecule has 1 aliphatic carbocycles. The lowest BCUT2D eigenvalue weighted by Gasteiger charge is -2.31. The van der Waals surface area contributed by atoms with Gasteiger partial charge in [0.25, 0.3) is 5.91 Å². The fourth-order valence-electron chi connectivity index (χ4n) is 4.35. The molecular formula is C22H36FN3O4. The average Bonchev–Trinajstić information content (AvgIpc) is 3.17. The molecule has 1 unspecified atom stereocenters. The van der Waals surface area contributed by atoms with Gasteiger partial charge in [0.15, 0.2) is 0 Å². The zero-order chi connectivity index (χ0) is 21.3. The van der Waals surface area contributed by atoms with Gasteiger partial charge in [-0.3, -0.25) is 15.0 Å². The minimum atomic E-state index is -1.18. The second-order valence-corrected chi connectivity index (χ2v) is 8.41. The number of nitrogens with zero attached hydrogens (tertiary/aromatic N) is 2. The summed E-state index contributed by atoms with van der Waals surface area (Å²) in [6.45, 7) is 4.76. The molecule has 2 heterocycles. The third-order valence-corrected chi connectivity index (χ3v) is 6.11. The Kier molecular flexibility index (Phi) is 9.27. The van der Waals surface area contributed by atoms with Crippen LogP contribution in [0.4, 0.5) is 4.39 Å². The second-order valence-electron chi connectivity index (χ2n) is 8.41. The SMILES string of the molecule is O=C(C(O)CCC1=CCCC=C1)N1C[C@@H](F)C[C@H]1[C@H](O)NCCCN1CCOCC1. The number of aliphatic hydroxyl groups excluding tert-OH is 2. The van der Waals surface area contributed by atoms with E-state index < -0.39 is 30.5 Å². The van der Waals surface area contributed by atoms with Crippen LogP contribution in [0.1, 0.15) is 38.5 Å². The molecule has 0 aromatic carbocycles. The van der Waals surface area contributed by atoms with Crippen molar-refractivity contribution in [1.29, 1.82) is 0 Å². The molecule has 30 heavy (non-hydrogen) atoms.